The van der Waals surface area contributed by atoms with E-state index in [2.05, 4.69) is 35.9 Å². The van der Waals surface area contributed by atoms with Crippen LogP contribution < -0.4 is 10.1 Å². The number of nitrogens with one attached hydrogen (secondary N) is 1. The third-order valence-electron chi connectivity index (χ3n) is 3.85. The summed E-state index contributed by atoms with van der Waals surface area (Å²) in [6.07, 6.45) is 4.03. The van der Waals surface area contributed by atoms with E-state index in [1.165, 1.54) is 0 Å². The summed E-state index contributed by atoms with van der Waals surface area (Å²) >= 11 is 0. The number of hydrogen-bond donors (Lipinski definition) is 1. The molecule has 1 aliphatic heterocycles. The van der Waals surface area contributed by atoms with Crippen molar-refractivity contribution in [1.29, 1.82) is 0 Å². The predicted molar refractivity (Wildman–Crippen MR) is 79.1 cm³/mol. The maximum absolute atomic E-state index is 5.58. The van der Waals surface area contributed by atoms with Crippen molar-refractivity contribution in [2.75, 3.05) is 26.9 Å². The molecule has 1 aromatic heterocycles. The van der Waals surface area contributed by atoms with Crippen LogP contribution in [0.2, 0.25) is 0 Å². The van der Waals surface area contributed by atoms with Crippen molar-refractivity contribution in [3.63, 3.8) is 0 Å². The second kappa shape index (κ2) is 7.09. The Labute approximate surface area is 121 Å². The van der Waals surface area contributed by atoms with E-state index < -0.39 is 0 Å². The first-order valence-electron chi connectivity index (χ1n) is 7.61. The summed E-state index contributed by atoms with van der Waals surface area (Å²) in [6, 6.07) is 0.569. The van der Waals surface area contributed by atoms with Crippen molar-refractivity contribution in [2.45, 2.75) is 45.7 Å². The van der Waals surface area contributed by atoms with Gasteiger partial charge in [-0.05, 0) is 33.2 Å². The zero-order chi connectivity index (χ0) is 14.5. The number of aromatic nitrogens is 2. The van der Waals surface area contributed by atoms with Crippen molar-refractivity contribution in [3.05, 3.63) is 11.9 Å². The van der Waals surface area contributed by atoms with E-state index in [0.29, 0.717) is 12.0 Å². The summed E-state index contributed by atoms with van der Waals surface area (Å²) in [5.74, 6) is 1.36. The predicted octanol–water partition coefficient (Wildman–Crippen LogP) is 2.55. The molecule has 0 saturated carbocycles. The van der Waals surface area contributed by atoms with Gasteiger partial charge in [0.1, 0.15) is 0 Å². The zero-order valence-electron chi connectivity index (χ0n) is 13.1. The maximum Gasteiger partial charge on any atom is 0.161 e. The Bertz CT molecular complexity index is 411. The number of methoxy groups -OCH3 is 1. The second-order valence-electron chi connectivity index (χ2n) is 5.69. The minimum Gasteiger partial charge on any atom is -0.493 e. The first kappa shape index (κ1) is 15.3. The van der Waals surface area contributed by atoms with Crippen LogP contribution in [0.3, 0.4) is 0 Å². The molecule has 0 aromatic carbocycles. The third kappa shape index (κ3) is 3.15. The highest BCUT2D eigenvalue weighted by Crippen LogP contribution is 2.35. The van der Waals surface area contributed by atoms with Gasteiger partial charge in [0.25, 0.3) is 0 Å². The molecule has 0 spiro atoms. The van der Waals surface area contributed by atoms with Gasteiger partial charge in [0.2, 0.25) is 0 Å². The van der Waals surface area contributed by atoms with Crippen LogP contribution in [0.5, 0.6) is 5.75 Å². The van der Waals surface area contributed by atoms with Crippen LogP contribution in [-0.2, 0) is 4.74 Å². The van der Waals surface area contributed by atoms with E-state index in [4.69, 9.17) is 9.47 Å². The molecule has 5 nitrogen and oxygen atoms in total. The zero-order valence-corrected chi connectivity index (χ0v) is 13.1. The Balaban J connectivity index is 2.32. The largest absolute Gasteiger partial charge is 0.493 e. The normalized spacial score (nSPS) is 20.6. The van der Waals surface area contributed by atoms with E-state index in [-0.39, 0.29) is 6.04 Å². The van der Waals surface area contributed by atoms with Crippen molar-refractivity contribution in [2.24, 2.45) is 5.92 Å². The molecule has 1 N–H and O–H groups in total. The summed E-state index contributed by atoms with van der Waals surface area (Å²) in [5.41, 5.74) is 1.16. The molecule has 0 bridgehead atoms. The maximum atomic E-state index is 5.58. The molecule has 1 saturated heterocycles. The van der Waals surface area contributed by atoms with Gasteiger partial charge in [-0.2, -0.15) is 5.10 Å². The minimum atomic E-state index is 0.248. The Morgan fingerprint density at radius 1 is 1.55 bits per heavy atom. The Morgan fingerprint density at radius 3 is 2.90 bits per heavy atom. The number of hydrogen-bond acceptors (Lipinski definition) is 4. The molecular formula is C15H27N3O2. The molecule has 0 amide bonds. The Morgan fingerprint density at radius 2 is 2.35 bits per heavy atom. The van der Waals surface area contributed by atoms with E-state index in [1.807, 2.05) is 6.20 Å². The highest BCUT2D eigenvalue weighted by Gasteiger charge is 2.32. The SMILES string of the molecule is CCCNC(c1c(OC)cnn1C(C)C)C1CCOC1. The van der Waals surface area contributed by atoms with Crippen LogP contribution in [0.4, 0.5) is 0 Å². The quantitative estimate of drug-likeness (QED) is 0.834. The highest BCUT2D eigenvalue weighted by molar-refractivity contribution is 5.29. The fraction of sp³-hybridized carbons (Fsp3) is 0.800. The molecule has 2 atom stereocenters. The highest BCUT2D eigenvalue weighted by atomic mass is 16.5. The lowest BCUT2D eigenvalue weighted by molar-refractivity contribution is 0.174. The molecule has 1 aromatic rings. The Kier molecular flexibility index (Phi) is 5.43. The fourth-order valence-electron chi connectivity index (χ4n) is 2.82. The number of ether oxygens (including phenoxy) is 2. The summed E-state index contributed by atoms with van der Waals surface area (Å²) < 4.78 is 13.2. The van der Waals surface area contributed by atoms with Gasteiger partial charge in [-0.15, -0.1) is 0 Å². The molecule has 0 radical (unpaired) electrons. The summed E-state index contributed by atoms with van der Waals surface area (Å²) in [4.78, 5) is 0. The first-order chi connectivity index (χ1) is 9.69. The molecule has 2 heterocycles. The molecule has 2 unspecified atom stereocenters. The molecule has 1 fully saturated rings. The van der Waals surface area contributed by atoms with E-state index in [9.17, 15) is 0 Å². The molecular weight excluding hydrogens is 254 g/mol. The van der Waals surface area contributed by atoms with Crippen LogP contribution in [-0.4, -0.2) is 36.6 Å². The lowest BCUT2D eigenvalue weighted by atomic mass is 9.95. The monoisotopic (exact) mass is 281 g/mol. The van der Waals surface area contributed by atoms with Gasteiger partial charge in [0.05, 0.1) is 31.6 Å². The van der Waals surface area contributed by atoms with Crippen molar-refractivity contribution in [3.8, 4) is 5.75 Å². The molecule has 5 heteroatoms. The van der Waals surface area contributed by atoms with Gasteiger partial charge >= 0.3 is 0 Å². The summed E-state index contributed by atoms with van der Waals surface area (Å²) in [5, 5.41) is 8.16. The van der Waals surface area contributed by atoms with Gasteiger partial charge < -0.3 is 14.8 Å². The van der Waals surface area contributed by atoms with Gasteiger partial charge in [0.15, 0.2) is 5.75 Å². The van der Waals surface area contributed by atoms with Gasteiger partial charge in [-0.25, -0.2) is 0 Å². The van der Waals surface area contributed by atoms with Crippen molar-refractivity contribution in [1.82, 2.24) is 15.1 Å². The van der Waals surface area contributed by atoms with Crippen LogP contribution in [0.1, 0.15) is 51.4 Å². The number of rotatable bonds is 7. The smallest absolute Gasteiger partial charge is 0.161 e. The lowest BCUT2D eigenvalue weighted by Gasteiger charge is -2.26. The van der Waals surface area contributed by atoms with Gasteiger partial charge in [-0.1, -0.05) is 6.92 Å². The topological polar surface area (TPSA) is 48.3 Å². The van der Waals surface area contributed by atoms with Crippen molar-refractivity contribution >= 4 is 0 Å². The summed E-state index contributed by atoms with van der Waals surface area (Å²) in [6.45, 7) is 9.15. The van der Waals surface area contributed by atoms with Crippen molar-refractivity contribution < 1.29 is 9.47 Å². The van der Waals surface area contributed by atoms with Gasteiger partial charge in [0, 0.05) is 18.6 Å². The van der Waals surface area contributed by atoms with Crippen LogP contribution in [0.25, 0.3) is 0 Å². The molecule has 2 rings (SSSR count). The average Bonchev–Trinajstić information content (AvgIpc) is 3.08. The first-order valence-corrected chi connectivity index (χ1v) is 7.61. The van der Waals surface area contributed by atoms with E-state index in [0.717, 1.165) is 44.0 Å². The number of nitrogens with zero attached hydrogens (tertiary/aromatic N) is 2. The second-order valence-corrected chi connectivity index (χ2v) is 5.69. The Hall–Kier alpha value is -1.07. The van der Waals surface area contributed by atoms with Crippen LogP contribution in [0.15, 0.2) is 6.20 Å². The molecule has 20 heavy (non-hydrogen) atoms. The molecule has 114 valence electrons. The third-order valence-corrected chi connectivity index (χ3v) is 3.85. The fourth-order valence-corrected chi connectivity index (χ4v) is 2.82. The lowest BCUT2D eigenvalue weighted by Crippen LogP contribution is -2.32. The van der Waals surface area contributed by atoms with E-state index >= 15 is 0 Å². The molecule has 0 aliphatic carbocycles. The van der Waals surface area contributed by atoms with Crippen LogP contribution in [0, 0.1) is 5.92 Å². The summed E-state index contributed by atoms with van der Waals surface area (Å²) in [7, 11) is 1.72. The van der Waals surface area contributed by atoms with Crippen LogP contribution >= 0.6 is 0 Å². The minimum absolute atomic E-state index is 0.248. The van der Waals surface area contributed by atoms with E-state index in [1.54, 1.807) is 7.11 Å². The molecule has 1 aliphatic rings. The van der Waals surface area contributed by atoms with Gasteiger partial charge in [-0.3, -0.25) is 4.68 Å². The standard InChI is InChI=1S/C15H27N3O2/c1-5-7-16-14(12-6-8-20-10-12)15-13(19-4)9-17-18(15)11(2)3/h9,11-12,14,16H,5-8,10H2,1-4H3. The average molecular weight is 281 g/mol.